The number of rotatable bonds is 11. The van der Waals surface area contributed by atoms with Crippen molar-refractivity contribution in [2.45, 2.75) is 37.0 Å². The Morgan fingerprint density at radius 2 is 1.74 bits per heavy atom. The summed E-state index contributed by atoms with van der Waals surface area (Å²) in [5.41, 5.74) is 0.675. The van der Waals surface area contributed by atoms with Gasteiger partial charge in [-0.3, -0.25) is 9.52 Å². The molecule has 1 heterocycles. The number of sulfonamides is 1. The zero-order chi connectivity index (χ0) is 27.0. The van der Waals surface area contributed by atoms with Crippen molar-refractivity contribution in [2.75, 3.05) is 24.4 Å². The Labute approximate surface area is 237 Å². The topological polar surface area (TPSA) is 96.5 Å². The van der Waals surface area contributed by atoms with Crippen LogP contribution in [0.1, 0.15) is 42.5 Å². The summed E-state index contributed by atoms with van der Waals surface area (Å²) in [5, 5.41) is 6.69. The van der Waals surface area contributed by atoms with Crippen molar-refractivity contribution < 1.29 is 17.9 Å². The number of amides is 1. The number of carbonyl (C=O) groups is 1. The van der Waals surface area contributed by atoms with Gasteiger partial charge in [-0.1, -0.05) is 52.5 Å². The van der Waals surface area contributed by atoms with Crippen molar-refractivity contribution in [2.24, 2.45) is 5.92 Å². The Morgan fingerprint density at radius 3 is 2.47 bits per heavy atom. The van der Waals surface area contributed by atoms with Crippen LogP contribution >= 0.6 is 27.5 Å². The smallest absolute Gasteiger partial charge is 0.262 e. The van der Waals surface area contributed by atoms with Gasteiger partial charge < -0.3 is 15.4 Å². The fourth-order valence-electron chi connectivity index (χ4n) is 4.34. The van der Waals surface area contributed by atoms with Crippen molar-refractivity contribution in [3.63, 3.8) is 0 Å². The standard InChI is InChI=1S/C28H31BrClN3O4S/c29-22-10-13-26(24(30)19-22)37-27-7-2-1-6-25(27)33-38(35,36)23-11-8-21(9-12-23)28(34)32-16-4-3-5-20-14-17-31-18-15-20/h1-2,6-13,19-20,31,33H,3-5,14-18H2,(H,32,34). The van der Waals surface area contributed by atoms with Gasteiger partial charge in [-0.05, 0) is 92.9 Å². The Bertz CT molecular complexity index is 1350. The molecule has 0 spiro atoms. The number of nitrogens with one attached hydrogen (secondary N) is 3. The maximum atomic E-state index is 13.1. The van der Waals surface area contributed by atoms with E-state index in [2.05, 4.69) is 31.3 Å². The SMILES string of the molecule is O=C(NCCCCC1CCNCC1)c1ccc(S(=O)(=O)Nc2ccccc2Oc2ccc(Br)cc2Cl)cc1. The van der Waals surface area contributed by atoms with Crippen molar-refractivity contribution in [3.8, 4) is 11.5 Å². The molecule has 0 unspecified atom stereocenters. The zero-order valence-electron chi connectivity index (χ0n) is 20.9. The predicted octanol–water partition coefficient (Wildman–Crippen LogP) is 6.60. The Hall–Kier alpha value is -2.59. The molecule has 202 valence electrons. The van der Waals surface area contributed by atoms with Gasteiger partial charge in [0.2, 0.25) is 0 Å². The van der Waals surface area contributed by atoms with Crippen molar-refractivity contribution >= 4 is 49.1 Å². The molecule has 3 aromatic rings. The van der Waals surface area contributed by atoms with Gasteiger partial charge in [-0.15, -0.1) is 0 Å². The minimum Gasteiger partial charge on any atom is -0.454 e. The highest BCUT2D eigenvalue weighted by Gasteiger charge is 2.18. The average molecular weight is 621 g/mol. The molecule has 10 heteroatoms. The third-order valence-corrected chi connectivity index (χ3v) is 8.63. The van der Waals surface area contributed by atoms with Gasteiger partial charge in [-0.2, -0.15) is 0 Å². The zero-order valence-corrected chi connectivity index (χ0v) is 24.0. The molecule has 38 heavy (non-hydrogen) atoms. The molecule has 3 aromatic carbocycles. The minimum absolute atomic E-state index is 0.0347. The van der Waals surface area contributed by atoms with E-state index < -0.39 is 10.0 Å². The van der Waals surface area contributed by atoms with Gasteiger partial charge in [-0.25, -0.2) is 8.42 Å². The van der Waals surface area contributed by atoms with Crippen LogP contribution in [0.2, 0.25) is 5.02 Å². The maximum absolute atomic E-state index is 13.1. The van der Waals surface area contributed by atoms with Crippen molar-refractivity contribution in [1.82, 2.24) is 10.6 Å². The van der Waals surface area contributed by atoms with Crippen LogP contribution in [0.5, 0.6) is 11.5 Å². The number of anilines is 1. The van der Waals surface area contributed by atoms with E-state index in [1.54, 1.807) is 42.5 Å². The molecule has 1 aliphatic rings. The number of hydrogen-bond donors (Lipinski definition) is 3. The summed E-state index contributed by atoms with van der Waals surface area (Å²) in [5.74, 6) is 1.26. The van der Waals surface area contributed by atoms with E-state index in [-0.39, 0.29) is 16.5 Å². The van der Waals surface area contributed by atoms with Gasteiger partial charge >= 0.3 is 0 Å². The molecule has 4 rings (SSSR count). The molecular weight excluding hydrogens is 590 g/mol. The fraction of sp³-hybridized carbons (Fsp3) is 0.321. The van der Waals surface area contributed by atoms with Crippen LogP contribution in [0.25, 0.3) is 0 Å². The number of benzene rings is 3. The van der Waals surface area contributed by atoms with E-state index >= 15 is 0 Å². The number of piperidine rings is 1. The van der Waals surface area contributed by atoms with E-state index in [4.69, 9.17) is 16.3 Å². The fourth-order valence-corrected chi connectivity index (χ4v) is 6.12. The lowest BCUT2D eigenvalue weighted by Gasteiger charge is -2.22. The quantitative estimate of drug-likeness (QED) is 0.210. The number of halogens is 2. The molecule has 7 nitrogen and oxygen atoms in total. The Morgan fingerprint density at radius 1 is 1.00 bits per heavy atom. The molecule has 0 aliphatic carbocycles. The second-order valence-corrected chi connectivity index (χ2v) is 12.3. The third kappa shape index (κ3) is 7.96. The highest BCUT2D eigenvalue weighted by atomic mass is 79.9. The lowest BCUT2D eigenvalue weighted by molar-refractivity contribution is 0.0952. The Balaban J connectivity index is 1.33. The van der Waals surface area contributed by atoms with Gasteiger partial charge in [0.15, 0.2) is 5.75 Å². The first kappa shape index (κ1) is 28.4. The first-order valence-corrected chi connectivity index (χ1v) is 15.3. The number of unbranched alkanes of at least 4 members (excludes halogenated alkanes) is 1. The summed E-state index contributed by atoms with van der Waals surface area (Å²) in [6, 6.07) is 17.7. The van der Waals surface area contributed by atoms with Crippen molar-refractivity contribution in [3.05, 3.63) is 81.8 Å². The first-order chi connectivity index (χ1) is 18.3. The number of carbonyl (C=O) groups excluding carboxylic acids is 1. The van der Waals surface area contributed by atoms with Crippen LogP contribution < -0.4 is 20.1 Å². The second-order valence-electron chi connectivity index (χ2n) is 9.25. The molecule has 1 amide bonds. The van der Waals surface area contributed by atoms with Crippen molar-refractivity contribution in [1.29, 1.82) is 0 Å². The van der Waals surface area contributed by atoms with Crippen LogP contribution in [0.4, 0.5) is 5.69 Å². The van der Waals surface area contributed by atoms with Crippen LogP contribution in [0.15, 0.2) is 76.1 Å². The van der Waals surface area contributed by atoms with Gasteiger partial charge in [0.1, 0.15) is 5.75 Å². The summed E-state index contributed by atoms with van der Waals surface area (Å²) in [6.45, 7) is 2.80. The maximum Gasteiger partial charge on any atom is 0.262 e. The lowest BCUT2D eigenvalue weighted by atomic mass is 9.92. The molecule has 1 saturated heterocycles. The van der Waals surface area contributed by atoms with E-state index in [0.29, 0.717) is 28.6 Å². The van der Waals surface area contributed by atoms with Gasteiger partial charge in [0.05, 0.1) is 15.6 Å². The number of para-hydroxylation sites is 2. The summed E-state index contributed by atoms with van der Waals surface area (Å²) in [7, 11) is -3.93. The molecule has 0 saturated carbocycles. The van der Waals surface area contributed by atoms with E-state index in [1.807, 2.05) is 0 Å². The minimum atomic E-state index is -3.93. The van der Waals surface area contributed by atoms with Crippen LogP contribution in [0.3, 0.4) is 0 Å². The van der Waals surface area contributed by atoms with Gasteiger partial charge in [0, 0.05) is 16.6 Å². The Kier molecular flexibility index (Phi) is 10.1. The van der Waals surface area contributed by atoms with Gasteiger partial charge in [0.25, 0.3) is 15.9 Å². The van der Waals surface area contributed by atoms with Crippen LogP contribution in [0, 0.1) is 5.92 Å². The summed E-state index contributed by atoms with van der Waals surface area (Å²) >= 11 is 9.60. The molecule has 0 radical (unpaired) electrons. The molecule has 1 fully saturated rings. The molecule has 0 atom stereocenters. The first-order valence-electron chi connectivity index (χ1n) is 12.7. The van der Waals surface area contributed by atoms with Crippen LogP contribution in [-0.2, 0) is 10.0 Å². The van der Waals surface area contributed by atoms with E-state index in [0.717, 1.165) is 36.3 Å². The summed E-state index contributed by atoms with van der Waals surface area (Å²) < 4.78 is 35.4. The third-order valence-electron chi connectivity index (χ3n) is 6.46. The average Bonchev–Trinajstić information content (AvgIpc) is 2.91. The van der Waals surface area contributed by atoms with E-state index in [9.17, 15) is 13.2 Å². The normalized spacial score (nSPS) is 14.2. The molecule has 0 aromatic heterocycles. The highest BCUT2D eigenvalue weighted by Crippen LogP contribution is 2.35. The van der Waals surface area contributed by atoms with Crippen LogP contribution in [-0.4, -0.2) is 34.0 Å². The highest BCUT2D eigenvalue weighted by molar-refractivity contribution is 9.10. The number of hydrogen-bond acceptors (Lipinski definition) is 5. The summed E-state index contributed by atoms with van der Waals surface area (Å²) in [4.78, 5) is 12.5. The monoisotopic (exact) mass is 619 g/mol. The predicted molar refractivity (Wildman–Crippen MR) is 155 cm³/mol. The largest absolute Gasteiger partial charge is 0.454 e. The second kappa shape index (κ2) is 13.5. The van der Waals surface area contributed by atoms with E-state index in [1.165, 1.54) is 43.5 Å². The molecular formula is C28H31BrClN3O4S. The lowest BCUT2D eigenvalue weighted by Crippen LogP contribution is -2.28. The number of ether oxygens (including phenoxy) is 1. The molecule has 1 aliphatic heterocycles. The molecule has 3 N–H and O–H groups in total. The molecule has 0 bridgehead atoms. The summed E-state index contributed by atoms with van der Waals surface area (Å²) in [6.07, 6.45) is 5.68.